The Morgan fingerprint density at radius 2 is 1.85 bits per heavy atom. The number of aliphatic hydroxyl groups is 1. The van der Waals surface area contributed by atoms with Crippen LogP contribution in [0.15, 0.2) is 42.5 Å². The van der Waals surface area contributed by atoms with Gasteiger partial charge in [0.05, 0.1) is 7.11 Å². The highest BCUT2D eigenvalue weighted by atomic mass is 16.5. The summed E-state index contributed by atoms with van der Waals surface area (Å²) in [5, 5.41) is 10.5. The molecule has 3 rings (SSSR count). The number of nitrogens with zero attached hydrogens (tertiary/aromatic N) is 1. The average Bonchev–Trinajstić information content (AvgIpc) is 2.64. The van der Waals surface area contributed by atoms with Gasteiger partial charge in [-0.05, 0) is 54.7 Å². The van der Waals surface area contributed by atoms with Crippen molar-refractivity contribution >= 4 is 5.97 Å². The third-order valence-electron chi connectivity index (χ3n) is 4.90. The Bertz CT molecular complexity index is 784. The molecule has 144 valence electrons. The number of hydrogen-bond acceptors (Lipinski definition) is 5. The van der Waals surface area contributed by atoms with Gasteiger partial charge in [-0.1, -0.05) is 30.3 Å². The zero-order valence-electron chi connectivity index (χ0n) is 16.1. The van der Waals surface area contributed by atoms with Crippen molar-refractivity contribution in [1.82, 2.24) is 4.90 Å². The van der Waals surface area contributed by atoms with Crippen LogP contribution in [0.3, 0.4) is 0 Å². The smallest absolute Gasteiger partial charge is 0.323 e. The number of rotatable bonds is 6. The maximum atomic E-state index is 12.2. The first-order valence-electron chi connectivity index (χ1n) is 9.24. The van der Waals surface area contributed by atoms with E-state index in [9.17, 15) is 9.90 Å². The SMILES string of the molecule is COC(=O)C1Cc2ccccc2CN1CC(O)COc1cc(C)cc(C)c1. The van der Waals surface area contributed by atoms with Gasteiger partial charge < -0.3 is 14.6 Å². The predicted molar refractivity (Wildman–Crippen MR) is 104 cm³/mol. The summed E-state index contributed by atoms with van der Waals surface area (Å²) < 4.78 is 10.7. The number of esters is 1. The minimum absolute atomic E-state index is 0.176. The first kappa shape index (κ1) is 19.4. The molecule has 0 saturated carbocycles. The van der Waals surface area contributed by atoms with Gasteiger partial charge in [0.25, 0.3) is 0 Å². The number of carbonyl (C=O) groups is 1. The summed E-state index contributed by atoms with van der Waals surface area (Å²) in [6.45, 7) is 5.16. The van der Waals surface area contributed by atoms with Gasteiger partial charge in [0.15, 0.2) is 0 Å². The van der Waals surface area contributed by atoms with Crippen LogP contribution >= 0.6 is 0 Å². The zero-order chi connectivity index (χ0) is 19.4. The standard InChI is InChI=1S/C22H27NO4/c1-15-8-16(2)10-20(9-15)27-14-19(24)13-23-12-18-7-5-4-6-17(18)11-21(23)22(25)26-3/h4-10,19,21,24H,11-14H2,1-3H3. The molecule has 27 heavy (non-hydrogen) atoms. The topological polar surface area (TPSA) is 59.0 Å². The van der Waals surface area contributed by atoms with Crippen molar-refractivity contribution in [2.45, 2.75) is 39.0 Å². The number of hydrogen-bond donors (Lipinski definition) is 1. The van der Waals surface area contributed by atoms with Crippen LogP contribution in [-0.4, -0.2) is 48.4 Å². The number of aryl methyl sites for hydroxylation is 2. The minimum atomic E-state index is -0.705. The van der Waals surface area contributed by atoms with E-state index in [2.05, 4.69) is 12.1 Å². The van der Waals surface area contributed by atoms with Crippen molar-refractivity contribution in [3.8, 4) is 5.75 Å². The molecule has 2 atom stereocenters. The highest BCUT2D eigenvalue weighted by Gasteiger charge is 2.33. The summed E-state index contributed by atoms with van der Waals surface area (Å²) in [6.07, 6.45) is -0.115. The fraction of sp³-hybridized carbons (Fsp3) is 0.409. The van der Waals surface area contributed by atoms with Crippen molar-refractivity contribution in [1.29, 1.82) is 0 Å². The molecule has 2 unspecified atom stereocenters. The normalized spacial score (nSPS) is 17.9. The average molecular weight is 369 g/mol. The highest BCUT2D eigenvalue weighted by molar-refractivity contribution is 5.76. The number of fused-ring (bicyclic) bond motifs is 1. The lowest BCUT2D eigenvalue weighted by Gasteiger charge is -2.36. The van der Waals surface area contributed by atoms with Gasteiger partial charge in [-0.3, -0.25) is 9.69 Å². The van der Waals surface area contributed by atoms with Crippen LogP contribution in [0.25, 0.3) is 0 Å². The number of ether oxygens (including phenoxy) is 2. The van der Waals surface area contributed by atoms with E-state index in [4.69, 9.17) is 9.47 Å². The molecular formula is C22H27NO4. The van der Waals surface area contributed by atoms with Crippen LogP contribution in [-0.2, 0) is 22.5 Å². The van der Waals surface area contributed by atoms with E-state index >= 15 is 0 Å². The van der Waals surface area contributed by atoms with E-state index < -0.39 is 6.10 Å². The van der Waals surface area contributed by atoms with Crippen molar-refractivity contribution in [3.63, 3.8) is 0 Å². The Labute approximate surface area is 160 Å². The third kappa shape index (κ3) is 4.87. The zero-order valence-corrected chi connectivity index (χ0v) is 16.1. The lowest BCUT2D eigenvalue weighted by atomic mass is 9.93. The molecule has 2 aromatic carbocycles. The first-order chi connectivity index (χ1) is 13.0. The van der Waals surface area contributed by atoms with Crippen LogP contribution < -0.4 is 4.74 Å². The summed E-state index contributed by atoms with van der Waals surface area (Å²) >= 11 is 0. The van der Waals surface area contributed by atoms with Gasteiger partial charge >= 0.3 is 5.97 Å². The summed E-state index contributed by atoms with van der Waals surface area (Å²) in [6, 6.07) is 13.7. The Balaban J connectivity index is 1.65. The van der Waals surface area contributed by atoms with Crippen LogP contribution in [0.5, 0.6) is 5.75 Å². The Morgan fingerprint density at radius 1 is 1.19 bits per heavy atom. The van der Waals surface area contributed by atoms with Gasteiger partial charge in [0.1, 0.15) is 24.5 Å². The van der Waals surface area contributed by atoms with E-state index in [1.165, 1.54) is 12.7 Å². The molecule has 0 amide bonds. The van der Waals surface area contributed by atoms with E-state index in [1.807, 2.05) is 49.1 Å². The number of methoxy groups -OCH3 is 1. The summed E-state index contributed by atoms with van der Waals surface area (Å²) in [4.78, 5) is 14.2. The second kappa shape index (κ2) is 8.55. The van der Waals surface area contributed by atoms with Gasteiger partial charge in [-0.2, -0.15) is 0 Å². The van der Waals surface area contributed by atoms with Crippen LogP contribution in [0, 0.1) is 13.8 Å². The predicted octanol–water partition coefficient (Wildman–Crippen LogP) is 2.64. The lowest BCUT2D eigenvalue weighted by molar-refractivity contribution is -0.148. The number of benzene rings is 2. The molecule has 0 bridgehead atoms. The van der Waals surface area contributed by atoms with Crippen LogP contribution in [0.2, 0.25) is 0 Å². The largest absolute Gasteiger partial charge is 0.491 e. The Kier molecular flexibility index (Phi) is 6.14. The molecule has 0 saturated heterocycles. The lowest BCUT2D eigenvalue weighted by Crippen LogP contribution is -2.49. The summed E-state index contributed by atoms with van der Waals surface area (Å²) in [7, 11) is 1.40. The molecule has 1 aliphatic rings. The number of aliphatic hydroxyl groups excluding tert-OH is 1. The fourth-order valence-electron chi connectivity index (χ4n) is 3.67. The van der Waals surface area contributed by atoms with Gasteiger partial charge in [-0.25, -0.2) is 0 Å². The third-order valence-corrected chi connectivity index (χ3v) is 4.90. The second-order valence-corrected chi connectivity index (χ2v) is 7.23. The van der Waals surface area contributed by atoms with E-state index in [0.29, 0.717) is 19.5 Å². The molecule has 1 heterocycles. The summed E-state index contributed by atoms with van der Waals surface area (Å²) in [5.74, 6) is 0.479. The monoisotopic (exact) mass is 369 g/mol. The molecule has 0 radical (unpaired) electrons. The van der Waals surface area contributed by atoms with E-state index in [0.717, 1.165) is 22.4 Å². The van der Waals surface area contributed by atoms with Gasteiger partial charge in [0, 0.05) is 13.1 Å². The first-order valence-corrected chi connectivity index (χ1v) is 9.24. The second-order valence-electron chi connectivity index (χ2n) is 7.23. The molecule has 5 heteroatoms. The maximum absolute atomic E-state index is 12.2. The molecule has 2 aromatic rings. The molecule has 1 aliphatic heterocycles. The molecule has 5 nitrogen and oxygen atoms in total. The van der Waals surface area contributed by atoms with Crippen LogP contribution in [0.4, 0.5) is 0 Å². The summed E-state index contributed by atoms with van der Waals surface area (Å²) in [5.41, 5.74) is 4.58. The molecular weight excluding hydrogens is 342 g/mol. The maximum Gasteiger partial charge on any atom is 0.323 e. The Hall–Kier alpha value is -2.37. The van der Waals surface area contributed by atoms with Crippen molar-refractivity contribution < 1.29 is 19.4 Å². The van der Waals surface area contributed by atoms with Crippen molar-refractivity contribution in [3.05, 3.63) is 64.7 Å². The molecule has 0 aromatic heterocycles. The number of carbonyl (C=O) groups excluding carboxylic acids is 1. The highest BCUT2D eigenvalue weighted by Crippen LogP contribution is 2.24. The van der Waals surface area contributed by atoms with Gasteiger partial charge in [-0.15, -0.1) is 0 Å². The van der Waals surface area contributed by atoms with E-state index in [1.54, 1.807) is 0 Å². The van der Waals surface area contributed by atoms with Gasteiger partial charge in [0.2, 0.25) is 0 Å². The molecule has 1 N–H and O–H groups in total. The number of β-amino-alcohol motifs (C(OH)–C–C–N with tert-alkyl or cyclic N) is 1. The fourth-order valence-corrected chi connectivity index (χ4v) is 3.67. The minimum Gasteiger partial charge on any atom is -0.491 e. The molecule has 0 fully saturated rings. The molecule has 0 aliphatic carbocycles. The van der Waals surface area contributed by atoms with Crippen LogP contribution in [0.1, 0.15) is 22.3 Å². The Morgan fingerprint density at radius 3 is 2.52 bits per heavy atom. The molecule has 0 spiro atoms. The van der Waals surface area contributed by atoms with E-state index in [-0.39, 0.29) is 18.6 Å². The van der Waals surface area contributed by atoms with Crippen molar-refractivity contribution in [2.75, 3.05) is 20.3 Å². The van der Waals surface area contributed by atoms with Crippen molar-refractivity contribution in [2.24, 2.45) is 0 Å². The quantitative estimate of drug-likeness (QED) is 0.794.